The molecular formula is C23H24Cl2N4O4S. The maximum Gasteiger partial charge on any atom is 0.266 e. The van der Waals surface area contributed by atoms with E-state index in [-0.39, 0.29) is 24.9 Å². The minimum Gasteiger partial charge on any atom is -0.497 e. The molecule has 0 saturated carbocycles. The van der Waals surface area contributed by atoms with E-state index in [4.69, 9.17) is 25.8 Å². The molecular weight excluding hydrogens is 499 g/mol. The molecule has 0 N–H and O–H groups in total. The van der Waals surface area contributed by atoms with Gasteiger partial charge in [-0.1, -0.05) is 22.9 Å². The number of fused-ring (bicyclic) bond motifs is 1. The molecule has 0 fully saturated rings. The van der Waals surface area contributed by atoms with Crippen molar-refractivity contribution in [2.75, 3.05) is 32.3 Å². The lowest BCUT2D eigenvalue weighted by molar-refractivity contribution is -0.120. The first kappa shape index (κ1) is 25.6. The second kappa shape index (κ2) is 11.9. The van der Waals surface area contributed by atoms with E-state index in [9.17, 15) is 4.79 Å². The van der Waals surface area contributed by atoms with Gasteiger partial charge in [-0.15, -0.1) is 12.4 Å². The summed E-state index contributed by atoms with van der Waals surface area (Å²) in [6.45, 7) is 1.05. The van der Waals surface area contributed by atoms with Gasteiger partial charge in [0.2, 0.25) is 0 Å². The SMILES string of the molecule is COc1ccc(OCC(=O)N(CCCn2ccnc2)c2nc3c(OC)ccc(Cl)c3s2)cc1.Cl. The lowest BCUT2D eigenvalue weighted by Crippen LogP contribution is -2.36. The molecule has 0 atom stereocenters. The molecule has 34 heavy (non-hydrogen) atoms. The predicted octanol–water partition coefficient (Wildman–Crippen LogP) is 5.09. The minimum absolute atomic E-state index is 0. The van der Waals surface area contributed by atoms with Gasteiger partial charge < -0.3 is 18.8 Å². The number of aromatic nitrogens is 3. The number of hydrogen-bond acceptors (Lipinski definition) is 7. The Labute approximate surface area is 212 Å². The maximum atomic E-state index is 13.2. The number of halogens is 2. The Morgan fingerprint density at radius 2 is 1.88 bits per heavy atom. The first-order chi connectivity index (χ1) is 16.1. The second-order valence-electron chi connectivity index (χ2n) is 7.09. The number of thiazole rings is 1. The number of anilines is 1. The van der Waals surface area contributed by atoms with Crippen molar-refractivity contribution in [3.63, 3.8) is 0 Å². The number of imidazole rings is 1. The van der Waals surface area contributed by atoms with E-state index >= 15 is 0 Å². The Bertz CT molecular complexity index is 1220. The molecule has 0 aliphatic heterocycles. The summed E-state index contributed by atoms with van der Waals surface area (Å²) in [4.78, 5) is 23.6. The van der Waals surface area contributed by atoms with Gasteiger partial charge in [0, 0.05) is 25.5 Å². The lowest BCUT2D eigenvalue weighted by atomic mass is 10.3. The summed E-state index contributed by atoms with van der Waals surface area (Å²) in [5.74, 6) is 1.70. The Morgan fingerprint density at radius 3 is 2.56 bits per heavy atom. The molecule has 0 unspecified atom stereocenters. The fourth-order valence-electron chi connectivity index (χ4n) is 3.27. The van der Waals surface area contributed by atoms with Crippen molar-refractivity contribution in [1.29, 1.82) is 0 Å². The van der Waals surface area contributed by atoms with Crippen LogP contribution in [0.1, 0.15) is 6.42 Å². The third-order valence-corrected chi connectivity index (χ3v) is 6.52. The monoisotopic (exact) mass is 522 g/mol. The summed E-state index contributed by atoms with van der Waals surface area (Å²) in [5, 5.41) is 1.11. The zero-order valence-corrected chi connectivity index (χ0v) is 21.0. The quantitative estimate of drug-likeness (QED) is 0.288. The van der Waals surface area contributed by atoms with Crippen LogP contribution in [0, 0.1) is 0 Å². The van der Waals surface area contributed by atoms with Crippen LogP contribution in [0.3, 0.4) is 0 Å². The normalized spacial score (nSPS) is 10.6. The molecule has 0 saturated heterocycles. The molecule has 11 heteroatoms. The van der Waals surface area contributed by atoms with Gasteiger partial charge in [0.05, 0.1) is 30.3 Å². The molecule has 0 spiro atoms. The van der Waals surface area contributed by atoms with E-state index in [1.165, 1.54) is 11.3 Å². The summed E-state index contributed by atoms with van der Waals surface area (Å²) in [5.41, 5.74) is 0.633. The number of carbonyl (C=O) groups excluding carboxylic acids is 1. The van der Waals surface area contributed by atoms with E-state index in [0.717, 1.165) is 17.0 Å². The molecule has 4 rings (SSSR count). The predicted molar refractivity (Wildman–Crippen MR) is 136 cm³/mol. The zero-order chi connectivity index (χ0) is 23.2. The van der Waals surface area contributed by atoms with Crippen LogP contribution in [-0.2, 0) is 11.3 Å². The van der Waals surface area contributed by atoms with Gasteiger partial charge in [-0.3, -0.25) is 9.69 Å². The van der Waals surface area contributed by atoms with Crippen LogP contribution in [0.5, 0.6) is 17.2 Å². The third-order valence-electron chi connectivity index (χ3n) is 4.98. The van der Waals surface area contributed by atoms with Crippen LogP contribution in [0.4, 0.5) is 5.13 Å². The highest BCUT2D eigenvalue weighted by atomic mass is 35.5. The molecule has 2 aromatic carbocycles. The highest BCUT2D eigenvalue weighted by molar-refractivity contribution is 7.23. The molecule has 0 aliphatic rings. The number of aryl methyl sites for hydroxylation is 1. The van der Waals surface area contributed by atoms with Crippen LogP contribution in [0.15, 0.2) is 55.1 Å². The summed E-state index contributed by atoms with van der Waals surface area (Å²) in [6.07, 6.45) is 6.08. The van der Waals surface area contributed by atoms with Gasteiger partial charge in [-0.2, -0.15) is 0 Å². The number of amides is 1. The number of methoxy groups -OCH3 is 2. The van der Waals surface area contributed by atoms with Crippen molar-refractivity contribution < 1.29 is 19.0 Å². The van der Waals surface area contributed by atoms with E-state index in [0.29, 0.717) is 40.1 Å². The molecule has 0 radical (unpaired) electrons. The Kier molecular flexibility index (Phi) is 8.98. The average Bonchev–Trinajstić information content (AvgIpc) is 3.52. The molecule has 180 valence electrons. The van der Waals surface area contributed by atoms with Gasteiger partial charge in [0.15, 0.2) is 11.7 Å². The average molecular weight is 523 g/mol. The Morgan fingerprint density at radius 1 is 1.12 bits per heavy atom. The number of benzene rings is 2. The van der Waals surface area contributed by atoms with E-state index in [1.54, 1.807) is 68.0 Å². The fraction of sp³-hybridized carbons (Fsp3) is 0.261. The number of carbonyl (C=O) groups is 1. The second-order valence-corrected chi connectivity index (χ2v) is 8.47. The molecule has 2 aromatic heterocycles. The summed E-state index contributed by atoms with van der Waals surface area (Å²) >= 11 is 7.74. The molecule has 0 bridgehead atoms. The molecule has 0 aliphatic carbocycles. The van der Waals surface area contributed by atoms with Crippen LogP contribution in [0.2, 0.25) is 5.02 Å². The standard InChI is InChI=1S/C23H23ClN4O4S.ClH/c1-30-16-4-6-17(7-5-16)32-14-20(29)28(12-3-11-27-13-10-25-15-27)23-26-21-19(31-2)9-8-18(24)22(21)33-23;/h4-10,13,15H,3,11-12,14H2,1-2H3;1H. The third kappa shape index (κ3) is 5.91. The largest absolute Gasteiger partial charge is 0.497 e. The Hall–Kier alpha value is -3.01. The van der Waals surface area contributed by atoms with Gasteiger partial charge in [0.25, 0.3) is 5.91 Å². The van der Waals surface area contributed by atoms with Crippen LogP contribution >= 0.6 is 35.3 Å². The first-order valence-corrected chi connectivity index (χ1v) is 11.4. The van der Waals surface area contributed by atoms with E-state index < -0.39 is 0 Å². The minimum atomic E-state index is -0.203. The van der Waals surface area contributed by atoms with Gasteiger partial charge in [-0.25, -0.2) is 9.97 Å². The van der Waals surface area contributed by atoms with E-state index in [1.807, 2.05) is 10.8 Å². The van der Waals surface area contributed by atoms with Crippen molar-refractivity contribution in [3.05, 3.63) is 60.1 Å². The number of nitrogens with zero attached hydrogens (tertiary/aromatic N) is 4. The van der Waals surface area contributed by atoms with Crippen molar-refractivity contribution in [2.24, 2.45) is 0 Å². The van der Waals surface area contributed by atoms with E-state index in [2.05, 4.69) is 9.97 Å². The van der Waals surface area contributed by atoms with Crippen molar-refractivity contribution >= 4 is 56.6 Å². The van der Waals surface area contributed by atoms with Crippen molar-refractivity contribution in [3.8, 4) is 17.2 Å². The topological polar surface area (TPSA) is 78.7 Å². The van der Waals surface area contributed by atoms with Gasteiger partial charge in [-0.05, 0) is 42.8 Å². The van der Waals surface area contributed by atoms with Gasteiger partial charge >= 0.3 is 0 Å². The lowest BCUT2D eigenvalue weighted by Gasteiger charge is -2.20. The Balaban J connectivity index is 0.00000324. The smallest absolute Gasteiger partial charge is 0.266 e. The van der Waals surface area contributed by atoms with Crippen LogP contribution < -0.4 is 19.1 Å². The highest BCUT2D eigenvalue weighted by Gasteiger charge is 2.22. The number of hydrogen-bond donors (Lipinski definition) is 0. The molecule has 2 heterocycles. The molecule has 8 nitrogen and oxygen atoms in total. The first-order valence-electron chi connectivity index (χ1n) is 10.2. The zero-order valence-electron chi connectivity index (χ0n) is 18.6. The molecule has 4 aromatic rings. The van der Waals surface area contributed by atoms with Crippen LogP contribution in [-0.4, -0.2) is 47.8 Å². The van der Waals surface area contributed by atoms with Crippen LogP contribution in [0.25, 0.3) is 10.2 Å². The maximum absolute atomic E-state index is 13.2. The highest BCUT2D eigenvalue weighted by Crippen LogP contribution is 2.38. The van der Waals surface area contributed by atoms with Crippen molar-refractivity contribution in [1.82, 2.24) is 14.5 Å². The molecule has 1 amide bonds. The number of rotatable bonds is 10. The summed E-state index contributed by atoms with van der Waals surface area (Å²) in [7, 11) is 3.18. The van der Waals surface area contributed by atoms with Gasteiger partial charge in [0.1, 0.15) is 22.8 Å². The summed E-state index contributed by atoms with van der Waals surface area (Å²) < 4.78 is 19.1. The fourth-order valence-corrected chi connectivity index (χ4v) is 4.57. The summed E-state index contributed by atoms with van der Waals surface area (Å²) in [6, 6.07) is 10.6. The number of ether oxygens (including phenoxy) is 3. The van der Waals surface area contributed by atoms with Crippen molar-refractivity contribution in [2.45, 2.75) is 13.0 Å².